The van der Waals surface area contributed by atoms with Crippen LogP contribution in [0.1, 0.15) is 39.5 Å². The molecule has 0 aliphatic carbocycles. The van der Waals surface area contributed by atoms with Crippen LogP contribution in [0.5, 0.6) is 0 Å². The lowest BCUT2D eigenvalue weighted by Crippen LogP contribution is -2.46. The van der Waals surface area contributed by atoms with Crippen molar-refractivity contribution in [3.05, 3.63) is 0 Å². The third-order valence-corrected chi connectivity index (χ3v) is 4.02. The summed E-state index contributed by atoms with van der Waals surface area (Å²) in [4.78, 5) is 14.0. The third kappa shape index (κ3) is 4.94. The Bertz CT molecular complexity index is 245. The van der Waals surface area contributed by atoms with Crippen LogP contribution < -0.4 is 11.1 Å². The van der Waals surface area contributed by atoms with Crippen LogP contribution in [0.15, 0.2) is 0 Å². The quantitative estimate of drug-likeness (QED) is 0.672. The van der Waals surface area contributed by atoms with E-state index < -0.39 is 0 Å². The number of nitrogens with zero attached hydrogens (tertiary/aromatic N) is 1. The summed E-state index contributed by atoms with van der Waals surface area (Å²) in [5.41, 5.74) is 5.80. The van der Waals surface area contributed by atoms with Gasteiger partial charge in [0.25, 0.3) is 0 Å². The number of nitrogens with two attached hydrogens (primary N) is 1. The van der Waals surface area contributed by atoms with Crippen LogP contribution in [0.3, 0.4) is 0 Å². The molecule has 1 aliphatic heterocycles. The van der Waals surface area contributed by atoms with Crippen molar-refractivity contribution in [3.8, 4) is 0 Å². The number of likely N-dealkylation sites (tertiary alicyclic amines) is 1. The second kappa shape index (κ2) is 8.48. The van der Waals surface area contributed by atoms with Gasteiger partial charge in [-0.2, -0.15) is 0 Å². The highest BCUT2D eigenvalue weighted by Crippen LogP contribution is 2.24. The summed E-state index contributed by atoms with van der Waals surface area (Å²) in [6.45, 7) is 8.55. The molecule has 3 N–H and O–H groups in total. The maximum atomic E-state index is 11.8. The minimum absolute atomic E-state index is 0.171. The summed E-state index contributed by atoms with van der Waals surface area (Å²) in [5, 5.41) is 2.98. The van der Waals surface area contributed by atoms with Crippen LogP contribution in [0.4, 0.5) is 0 Å². The first kappa shape index (κ1) is 15.4. The second-order valence-corrected chi connectivity index (χ2v) is 5.39. The van der Waals surface area contributed by atoms with Crippen LogP contribution in [-0.4, -0.2) is 43.5 Å². The zero-order valence-corrected chi connectivity index (χ0v) is 12.0. The van der Waals surface area contributed by atoms with Crippen LogP contribution in [0, 0.1) is 11.8 Å². The van der Waals surface area contributed by atoms with Crippen molar-refractivity contribution in [1.82, 2.24) is 10.2 Å². The van der Waals surface area contributed by atoms with E-state index in [1.807, 2.05) is 0 Å². The number of piperidine rings is 1. The van der Waals surface area contributed by atoms with E-state index >= 15 is 0 Å². The van der Waals surface area contributed by atoms with Gasteiger partial charge in [-0.3, -0.25) is 9.69 Å². The van der Waals surface area contributed by atoms with Gasteiger partial charge < -0.3 is 11.1 Å². The first-order valence-corrected chi connectivity index (χ1v) is 7.40. The molecule has 1 fully saturated rings. The molecule has 0 bridgehead atoms. The predicted octanol–water partition coefficient (Wildman–Crippen LogP) is 1.21. The molecule has 0 spiro atoms. The molecule has 0 aromatic rings. The summed E-state index contributed by atoms with van der Waals surface area (Å²) in [6, 6.07) is 0. The molecular formula is C14H29N3O. The lowest BCUT2D eigenvalue weighted by Gasteiger charge is -2.37. The smallest absolute Gasteiger partial charge is 0.234 e. The molecule has 1 aliphatic rings. The Balaban J connectivity index is 2.28. The minimum Gasteiger partial charge on any atom is -0.355 e. The lowest BCUT2D eigenvalue weighted by atomic mass is 9.84. The van der Waals surface area contributed by atoms with Gasteiger partial charge in [-0.05, 0) is 37.8 Å². The number of nitrogens with one attached hydrogen (secondary N) is 1. The van der Waals surface area contributed by atoms with Crippen LogP contribution in [0.2, 0.25) is 0 Å². The van der Waals surface area contributed by atoms with Gasteiger partial charge in [0.1, 0.15) is 0 Å². The number of rotatable bonds is 7. The Kier molecular flexibility index (Phi) is 7.28. The average molecular weight is 255 g/mol. The molecular weight excluding hydrogens is 226 g/mol. The molecule has 106 valence electrons. The maximum Gasteiger partial charge on any atom is 0.234 e. The summed E-state index contributed by atoms with van der Waals surface area (Å²) in [7, 11) is 0. The van der Waals surface area contributed by atoms with Crippen LogP contribution >= 0.6 is 0 Å². The largest absolute Gasteiger partial charge is 0.355 e. The molecule has 1 rings (SSSR count). The van der Waals surface area contributed by atoms with Gasteiger partial charge in [-0.15, -0.1) is 0 Å². The Morgan fingerprint density at radius 1 is 1.39 bits per heavy atom. The first-order valence-electron chi connectivity index (χ1n) is 7.40. The Hall–Kier alpha value is -0.610. The van der Waals surface area contributed by atoms with Gasteiger partial charge in [-0.1, -0.05) is 26.7 Å². The number of hydrogen-bond acceptors (Lipinski definition) is 3. The van der Waals surface area contributed by atoms with Gasteiger partial charge in [0.2, 0.25) is 5.91 Å². The van der Waals surface area contributed by atoms with E-state index in [0.717, 1.165) is 51.9 Å². The standard InChI is InChI=1S/C14H29N3O/c1-3-5-7-16-14(18)11-17-8-6-13(9-15)12(4-2)10-17/h12-13H,3-11,15H2,1-2H3,(H,16,18). The number of hydrogen-bond donors (Lipinski definition) is 2. The van der Waals surface area contributed by atoms with E-state index in [2.05, 4.69) is 24.1 Å². The highest BCUT2D eigenvalue weighted by molar-refractivity contribution is 5.77. The van der Waals surface area contributed by atoms with Gasteiger partial charge in [0.05, 0.1) is 6.54 Å². The molecule has 2 atom stereocenters. The van der Waals surface area contributed by atoms with Gasteiger partial charge in [0.15, 0.2) is 0 Å². The van der Waals surface area contributed by atoms with Crippen molar-refractivity contribution >= 4 is 5.91 Å². The fourth-order valence-electron chi connectivity index (χ4n) is 2.74. The zero-order valence-electron chi connectivity index (χ0n) is 12.0. The molecule has 1 heterocycles. The number of carbonyl (C=O) groups is 1. The van der Waals surface area contributed by atoms with Gasteiger partial charge >= 0.3 is 0 Å². The van der Waals surface area contributed by atoms with E-state index in [4.69, 9.17) is 5.73 Å². The second-order valence-electron chi connectivity index (χ2n) is 5.39. The molecule has 4 nitrogen and oxygen atoms in total. The van der Waals surface area contributed by atoms with E-state index in [-0.39, 0.29) is 5.91 Å². The molecule has 0 saturated carbocycles. The zero-order chi connectivity index (χ0) is 13.4. The summed E-state index contributed by atoms with van der Waals surface area (Å²) < 4.78 is 0. The molecule has 2 unspecified atom stereocenters. The highest BCUT2D eigenvalue weighted by Gasteiger charge is 2.27. The minimum atomic E-state index is 0.171. The Morgan fingerprint density at radius 2 is 2.17 bits per heavy atom. The summed E-state index contributed by atoms with van der Waals surface area (Å²) in [6.07, 6.45) is 4.49. The average Bonchev–Trinajstić information content (AvgIpc) is 2.39. The fourth-order valence-corrected chi connectivity index (χ4v) is 2.74. The Labute approximate surface area is 111 Å². The Morgan fingerprint density at radius 3 is 2.78 bits per heavy atom. The molecule has 4 heteroatoms. The number of unbranched alkanes of at least 4 members (excludes halogenated alkanes) is 1. The van der Waals surface area contributed by atoms with E-state index in [9.17, 15) is 4.79 Å². The van der Waals surface area contributed by atoms with Crippen molar-refractivity contribution in [1.29, 1.82) is 0 Å². The predicted molar refractivity (Wildman–Crippen MR) is 75.3 cm³/mol. The first-order chi connectivity index (χ1) is 8.71. The van der Waals surface area contributed by atoms with Crippen LogP contribution in [-0.2, 0) is 4.79 Å². The highest BCUT2D eigenvalue weighted by atomic mass is 16.2. The van der Waals surface area contributed by atoms with Crippen molar-refractivity contribution in [2.45, 2.75) is 39.5 Å². The molecule has 0 aromatic carbocycles. The monoisotopic (exact) mass is 255 g/mol. The number of amides is 1. The van der Waals surface area contributed by atoms with Crippen molar-refractivity contribution < 1.29 is 4.79 Å². The molecule has 18 heavy (non-hydrogen) atoms. The molecule has 1 saturated heterocycles. The fraction of sp³-hybridized carbons (Fsp3) is 0.929. The molecule has 1 amide bonds. The van der Waals surface area contributed by atoms with Crippen molar-refractivity contribution in [2.75, 3.05) is 32.7 Å². The molecule has 0 aromatic heterocycles. The number of carbonyl (C=O) groups excluding carboxylic acids is 1. The summed E-state index contributed by atoms with van der Waals surface area (Å²) in [5.74, 6) is 1.48. The lowest BCUT2D eigenvalue weighted by molar-refractivity contribution is -0.122. The summed E-state index contributed by atoms with van der Waals surface area (Å²) >= 11 is 0. The topological polar surface area (TPSA) is 58.4 Å². The third-order valence-electron chi connectivity index (χ3n) is 4.02. The maximum absolute atomic E-state index is 11.8. The van der Waals surface area contributed by atoms with Crippen LogP contribution in [0.25, 0.3) is 0 Å². The van der Waals surface area contributed by atoms with Gasteiger partial charge in [0, 0.05) is 13.1 Å². The SMILES string of the molecule is CCCCNC(=O)CN1CCC(CN)C(CC)C1. The van der Waals surface area contributed by atoms with Crippen molar-refractivity contribution in [2.24, 2.45) is 17.6 Å². The normalized spacial score (nSPS) is 25.1. The van der Waals surface area contributed by atoms with E-state index in [1.165, 1.54) is 0 Å². The van der Waals surface area contributed by atoms with Crippen molar-refractivity contribution in [3.63, 3.8) is 0 Å². The van der Waals surface area contributed by atoms with E-state index in [0.29, 0.717) is 18.4 Å². The van der Waals surface area contributed by atoms with E-state index in [1.54, 1.807) is 0 Å². The van der Waals surface area contributed by atoms with Gasteiger partial charge in [-0.25, -0.2) is 0 Å². The molecule has 0 radical (unpaired) electrons.